The van der Waals surface area contributed by atoms with E-state index < -0.39 is 10.0 Å². The molecule has 106 valence electrons. The monoisotopic (exact) mass is 281 g/mol. The van der Waals surface area contributed by atoms with Crippen molar-refractivity contribution < 1.29 is 8.42 Å². The first-order chi connectivity index (χ1) is 8.93. The molecule has 1 saturated heterocycles. The Morgan fingerprint density at radius 2 is 1.37 bits per heavy atom. The molecule has 1 aliphatic rings. The molecular weight excluding hydrogens is 258 g/mol. The molecular formula is C15H23NO2S. The van der Waals surface area contributed by atoms with Crippen molar-refractivity contribution in [1.29, 1.82) is 0 Å². The van der Waals surface area contributed by atoms with Gasteiger partial charge in [-0.2, -0.15) is 4.31 Å². The molecule has 1 heterocycles. The molecule has 0 radical (unpaired) electrons. The summed E-state index contributed by atoms with van der Waals surface area (Å²) < 4.78 is 27.3. The van der Waals surface area contributed by atoms with Crippen LogP contribution in [0.25, 0.3) is 0 Å². The van der Waals surface area contributed by atoms with Crippen LogP contribution in [0.3, 0.4) is 0 Å². The molecule has 0 N–H and O–H groups in total. The van der Waals surface area contributed by atoms with Crippen molar-refractivity contribution in [1.82, 2.24) is 4.31 Å². The smallest absolute Gasteiger partial charge is 0.207 e. The first-order valence-corrected chi connectivity index (χ1v) is 8.45. The zero-order valence-electron chi connectivity index (χ0n) is 12.1. The molecule has 1 aromatic rings. The van der Waals surface area contributed by atoms with Crippen LogP contribution in [-0.4, -0.2) is 25.8 Å². The molecule has 1 aliphatic heterocycles. The van der Waals surface area contributed by atoms with Crippen LogP contribution in [0.5, 0.6) is 0 Å². The van der Waals surface area contributed by atoms with Crippen LogP contribution in [0.2, 0.25) is 0 Å². The maximum atomic E-state index is 12.8. The van der Waals surface area contributed by atoms with Crippen LogP contribution in [0.1, 0.15) is 42.4 Å². The minimum atomic E-state index is -3.33. The number of hydrogen-bond donors (Lipinski definition) is 0. The Balaban J connectivity index is 2.44. The van der Waals surface area contributed by atoms with Crippen molar-refractivity contribution >= 4 is 10.0 Å². The fourth-order valence-electron chi connectivity index (χ4n) is 2.98. The van der Waals surface area contributed by atoms with E-state index in [1.54, 1.807) is 4.31 Å². The van der Waals surface area contributed by atoms with Crippen molar-refractivity contribution in [2.45, 2.75) is 51.3 Å². The van der Waals surface area contributed by atoms with Gasteiger partial charge in [-0.15, -0.1) is 0 Å². The van der Waals surface area contributed by atoms with Crippen LogP contribution in [-0.2, 0) is 10.0 Å². The first kappa shape index (κ1) is 14.5. The summed E-state index contributed by atoms with van der Waals surface area (Å²) in [6, 6.07) is 3.91. The quantitative estimate of drug-likeness (QED) is 0.835. The lowest BCUT2D eigenvalue weighted by Gasteiger charge is -2.22. The van der Waals surface area contributed by atoms with Gasteiger partial charge in [0.1, 0.15) is 0 Å². The Hall–Kier alpha value is -0.870. The normalized spacial score (nSPS) is 18.3. The largest absolute Gasteiger partial charge is 0.243 e. The second-order valence-corrected chi connectivity index (χ2v) is 7.42. The fourth-order valence-corrected chi connectivity index (χ4v) is 4.91. The predicted molar refractivity (Wildman–Crippen MR) is 77.9 cm³/mol. The van der Waals surface area contributed by atoms with Crippen LogP contribution in [0.4, 0.5) is 0 Å². The Labute approximate surface area is 116 Å². The van der Waals surface area contributed by atoms with Crippen LogP contribution >= 0.6 is 0 Å². The van der Waals surface area contributed by atoms with E-state index in [9.17, 15) is 8.42 Å². The molecule has 4 heteroatoms. The first-order valence-electron chi connectivity index (χ1n) is 7.01. The van der Waals surface area contributed by atoms with E-state index in [0.717, 1.165) is 42.4 Å². The fraction of sp³-hybridized carbons (Fsp3) is 0.600. The summed E-state index contributed by atoms with van der Waals surface area (Å²) in [5, 5.41) is 0. The van der Waals surface area contributed by atoms with Gasteiger partial charge in [-0.3, -0.25) is 0 Å². The third-order valence-electron chi connectivity index (χ3n) is 3.77. The highest BCUT2D eigenvalue weighted by atomic mass is 32.2. The number of rotatable bonds is 2. The number of hydrogen-bond acceptors (Lipinski definition) is 2. The van der Waals surface area contributed by atoms with Gasteiger partial charge < -0.3 is 0 Å². The standard InChI is InChI=1S/C15H23NO2S/c1-12-10-13(2)15(14(3)11-12)19(17,18)16-8-6-4-5-7-9-16/h10-11H,4-9H2,1-3H3. The van der Waals surface area contributed by atoms with E-state index in [1.165, 1.54) is 0 Å². The van der Waals surface area contributed by atoms with Gasteiger partial charge in [0.05, 0.1) is 4.90 Å². The van der Waals surface area contributed by atoms with E-state index >= 15 is 0 Å². The van der Waals surface area contributed by atoms with Gasteiger partial charge in [-0.1, -0.05) is 30.5 Å². The molecule has 0 bridgehead atoms. The van der Waals surface area contributed by atoms with Gasteiger partial charge in [0, 0.05) is 13.1 Å². The second-order valence-electron chi connectivity index (χ2n) is 5.55. The summed E-state index contributed by atoms with van der Waals surface area (Å²) in [6.45, 7) is 7.11. The number of sulfonamides is 1. The van der Waals surface area contributed by atoms with Gasteiger partial charge in [-0.05, 0) is 44.7 Å². The van der Waals surface area contributed by atoms with Crippen molar-refractivity contribution in [3.8, 4) is 0 Å². The Morgan fingerprint density at radius 1 is 0.895 bits per heavy atom. The van der Waals surface area contributed by atoms with Crippen LogP contribution in [0.15, 0.2) is 17.0 Å². The molecule has 0 amide bonds. The highest BCUT2D eigenvalue weighted by Crippen LogP contribution is 2.26. The van der Waals surface area contributed by atoms with Gasteiger partial charge in [0.15, 0.2) is 0 Å². The maximum Gasteiger partial charge on any atom is 0.243 e. The van der Waals surface area contributed by atoms with Crippen LogP contribution in [0, 0.1) is 20.8 Å². The van der Waals surface area contributed by atoms with E-state index in [0.29, 0.717) is 18.0 Å². The molecule has 0 aliphatic carbocycles. The summed E-state index contributed by atoms with van der Waals surface area (Å²) in [7, 11) is -3.33. The van der Waals surface area contributed by atoms with Crippen molar-refractivity contribution in [2.75, 3.05) is 13.1 Å². The van der Waals surface area contributed by atoms with E-state index in [2.05, 4.69) is 0 Å². The molecule has 1 aromatic carbocycles. The van der Waals surface area contributed by atoms with E-state index in [-0.39, 0.29) is 0 Å². The maximum absolute atomic E-state index is 12.8. The van der Waals surface area contributed by atoms with Gasteiger partial charge in [-0.25, -0.2) is 8.42 Å². The molecule has 0 aromatic heterocycles. The Bertz CT molecular complexity index is 533. The number of benzene rings is 1. The van der Waals surface area contributed by atoms with Crippen molar-refractivity contribution in [3.63, 3.8) is 0 Å². The summed E-state index contributed by atoms with van der Waals surface area (Å²) in [4.78, 5) is 0.514. The summed E-state index contributed by atoms with van der Waals surface area (Å²) >= 11 is 0. The average molecular weight is 281 g/mol. The molecule has 0 atom stereocenters. The highest BCUT2D eigenvalue weighted by molar-refractivity contribution is 7.89. The molecule has 1 fully saturated rings. The molecule has 0 spiro atoms. The number of nitrogens with zero attached hydrogens (tertiary/aromatic N) is 1. The summed E-state index contributed by atoms with van der Waals surface area (Å²) in [6.07, 6.45) is 4.22. The zero-order chi connectivity index (χ0) is 14.0. The average Bonchev–Trinajstić information content (AvgIpc) is 2.55. The highest BCUT2D eigenvalue weighted by Gasteiger charge is 2.28. The van der Waals surface area contributed by atoms with Gasteiger partial charge >= 0.3 is 0 Å². The van der Waals surface area contributed by atoms with Crippen molar-refractivity contribution in [3.05, 3.63) is 28.8 Å². The third kappa shape index (κ3) is 3.00. The van der Waals surface area contributed by atoms with E-state index in [1.807, 2.05) is 32.9 Å². The second kappa shape index (κ2) is 5.63. The van der Waals surface area contributed by atoms with E-state index in [4.69, 9.17) is 0 Å². The van der Waals surface area contributed by atoms with Gasteiger partial charge in [0.25, 0.3) is 0 Å². The summed E-state index contributed by atoms with van der Waals surface area (Å²) in [5.74, 6) is 0. The van der Waals surface area contributed by atoms with Crippen molar-refractivity contribution in [2.24, 2.45) is 0 Å². The molecule has 19 heavy (non-hydrogen) atoms. The third-order valence-corrected chi connectivity index (χ3v) is 5.97. The molecule has 3 nitrogen and oxygen atoms in total. The Morgan fingerprint density at radius 3 is 1.84 bits per heavy atom. The lowest BCUT2D eigenvalue weighted by Crippen LogP contribution is -2.32. The topological polar surface area (TPSA) is 37.4 Å². The van der Waals surface area contributed by atoms with Crippen LogP contribution < -0.4 is 0 Å². The molecule has 2 rings (SSSR count). The summed E-state index contributed by atoms with van der Waals surface area (Å²) in [5.41, 5.74) is 2.84. The minimum absolute atomic E-state index is 0.514. The molecule has 0 saturated carbocycles. The molecule has 0 unspecified atom stereocenters. The minimum Gasteiger partial charge on any atom is -0.207 e. The zero-order valence-corrected chi connectivity index (χ0v) is 12.9. The Kier molecular flexibility index (Phi) is 4.31. The number of aryl methyl sites for hydroxylation is 3. The van der Waals surface area contributed by atoms with Gasteiger partial charge in [0.2, 0.25) is 10.0 Å². The predicted octanol–water partition coefficient (Wildman–Crippen LogP) is 3.18. The lowest BCUT2D eigenvalue weighted by atomic mass is 10.1. The lowest BCUT2D eigenvalue weighted by molar-refractivity contribution is 0.423. The SMILES string of the molecule is Cc1cc(C)c(S(=O)(=O)N2CCCCCC2)c(C)c1.